The second-order valence-corrected chi connectivity index (χ2v) is 15.9. The van der Waals surface area contributed by atoms with Crippen LogP contribution in [0.15, 0.2) is 121 Å². The lowest BCUT2D eigenvalue weighted by atomic mass is 9.85. The minimum Gasteiger partial charge on any atom is -0.507 e. The SMILES string of the molecule is C=C(C)C(=O)OCCc1ccc(-c2ccc(-c3c(Cl)ccc4n[nH]nc34)c(O)c2Cc2c(-c3ccc(CCOC(=O)C(=C)C)cc3)ccc(-c3c(Cl)ccc4n[nH]nc34)c2O)cc1. The van der Waals surface area contributed by atoms with Crippen LogP contribution in [0.3, 0.4) is 0 Å². The number of hydrogen-bond donors (Lipinski definition) is 4. The minimum atomic E-state index is -0.447. The number of ether oxygens (including phenoxy) is 2. The molecule has 14 heteroatoms. The van der Waals surface area contributed by atoms with Crippen LogP contribution in [-0.4, -0.2) is 66.2 Å². The number of carbonyl (C=O) groups excluding carboxylic acids is 2. The monoisotopic (exact) mass is 878 g/mol. The van der Waals surface area contributed by atoms with Crippen molar-refractivity contribution in [3.8, 4) is 56.0 Å². The predicted octanol–water partition coefficient (Wildman–Crippen LogP) is 10.5. The van der Waals surface area contributed by atoms with Crippen LogP contribution < -0.4 is 0 Å². The summed E-state index contributed by atoms with van der Waals surface area (Å²) in [4.78, 5) is 24.0. The van der Waals surface area contributed by atoms with Crippen molar-refractivity contribution < 1.29 is 29.3 Å². The molecule has 0 aliphatic carbocycles. The Kier molecular flexibility index (Phi) is 12.1. The molecule has 0 fully saturated rings. The smallest absolute Gasteiger partial charge is 0.333 e. The van der Waals surface area contributed by atoms with E-state index in [9.17, 15) is 19.8 Å². The lowest BCUT2D eigenvalue weighted by Crippen LogP contribution is -2.08. The van der Waals surface area contributed by atoms with E-state index < -0.39 is 11.9 Å². The molecule has 8 aromatic rings. The van der Waals surface area contributed by atoms with Gasteiger partial charge in [0.2, 0.25) is 0 Å². The summed E-state index contributed by atoms with van der Waals surface area (Å²) in [5, 5.41) is 48.4. The molecule has 63 heavy (non-hydrogen) atoms. The minimum absolute atomic E-state index is 0.0278. The Hall–Kier alpha value is -7.28. The highest BCUT2D eigenvalue weighted by Gasteiger charge is 2.25. The maximum atomic E-state index is 12.6. The first-order valence-corrected chi connectivity index (χ1v) is 20.7. The van der Waals surface area contributed by atoms with E-state index in [2.05, 4.69) is 44.0 Å². The molecule has 6 aromatic carbocycles. The van der Waals surface area contributed by atoms with Crippen LogP contribution >= 0.6 is 23.2 Å². The molecule has 2 heterocycles. The van der Waals surface area contributed by atoms with Crippen molar-refractivity contribution in [3.05, 3.63) is 154 Å². The van der Waals surface area contributed by atoms with Gasteiger partial charge in [0, 0.05) is 63.8 Å². The number of nitrogens with zero attached hydrogens (tertiary/aromatic N) is 4. The van der Waals surface area contributed by atoms with E-state index in [4.69, 9.17) is 32.7 Å². The van der Waals surface area contributed by atoms with E-state index in [1.54, 1.807) is 50.2 Å². The quantitative estimate of drug-likeness (QED) is 0.0607. The van der Waals surface area contributed by atoms with E-state index in [0.29, 0.717) is 101 Å². The number of aromatic amines is 2. The average molecular weight is 880 g/mol. The van der Waals surface area contributed by atoms with Gasteiger partial charge < -0.3 is 19.7 Å². The topological polar surface area (TPSA) is 176 Å². The van der Waals surface area contributed by atoms with Crippen LogP contribution in [0.1, 0.15) is 36.1 Å². The van der Waals surface area contributed by atoms with Gasteiger partial charge in [0.25, 0.3) is 0 Å². The van der Waals surface area contributed by atoms with Gasteiger partial charge in [0.1, 0.15) is 33.6 Å². The Morgan fingerprint density at radius 2 is 0.937 bits per heavy atom. The molecule has 0 amide bonds. The van der Waals surface area contributed by atoms with Crippen molar-refractivity contribution in [1.29, 1.82) is 0 Å². The number of esters is 2. The molecule has 0 aliphatic rings. The summed E-state index contributed by atoms with van der Waals surface area (Å²) in [6.07, 6.45) is 1.000. The Balaban J connectivity index is 1.28. The van der Waals surface area contributed by atoms with Gasteiger partial charge in [-0.2, -0.15) is 30.8 Å². The molecule has 12 nitrogen and oxygen atoms in total. The second kappa shape index (κ2) is 18.0. The van der Waals surface area contributed by atoms with Crippen LogP contribution in [0, 0.1) is 0 Å². The molecule has 8 rings (SSSR count). The lowest BCUT2D eigenvalue weighted by Gasteiger charge is -2.21. The Morgan fingerprint density at radius 1 is 0.556 bits per heavy atom. The van der Waals surface area contributed by atoms with Crippen molar-refractivity contribution in [2.75, 3.05) is 13.2 Å². The van der Waals surface area contributed by atoms with E-state index >= 15 is 0 Å². The predicted molar refractivity (Wildman–Crippen MR) is 245 cm³/mol. The van der Waals surface area contributed by atoms with Crippen LogP contribution in [0.5, 0.6) is 11.5 Å². The molecule has 0 radical (unpaired) electrons. The molecule has 0 saturated heterocycles. The summed E-state index contributed by atoms with van der Waals surface area (Å²) in [6.45, 7) is 10.9. The molecule has 2 aromatic heterocycles. The number of benzene rings is 6. The highest BCUT2D eigenvalue weighted by Crippen LogP contribution is 2.48. The van der Waals surface area contributed by atoms with Crippen molar-refractivity contribution in [2.24, 2.45) is 0 Å². The van der Waals surface area contributed by atoms with E-state index in [1.807, 2.05) is 60.7 Å². The fourth-order valence-corrected chi connectivity index (χ4v) is 8.02. The summed E-state index contributed by atoms with van der Waals surface area (Å²) < 4.78 is 10.6. The van der Waals surface area contributed by atoms with E-state index in [0.717, 1.165) is 22.3 Å². The lowest BCUT2D eigenvalue weighted by molar-refractivity contribution is -0.139. The summed E-state index contributed by atoms with van der Waals surface area (Å²) >= 11 is 13.7. The molecule has 316 valence electrons. The molecule has 0 aliphatic heterocycles. The molecule has 0 bridgehead atoms. The number of nitrogens with one attached hydrogen (secondary N) is 2. The first kappa shape index (κ1) is 42.4. The van der Waals surface area contributed by atoms with Crippen molar-refractivity contribution in [2.45, 2.75) is 33.1 Å². The van der Waals surface area contributed by atoms with Gasteiger partial charge in [-0.15, -0.1) is 0 Å². The van der Waals surface area contributed by atoms with Gasteiger partial charge >= 0.3 is 11.9 Å². The molecule has 0 saturated carbocycles. The number of fused-ring (bicyclic) bond motifs is 2. The first-order chi connectivity index (χ1) is 30.4. The summed E-state index contributed by atoms with van der Waals surface area (Å²) in [7, 11) is 0. The molecular formula is C49H40Cl2N6O6. The van der Waals surface area contributed by atoms with Gasteiger partial charge in [-0.3, -0.25) is 0 Å². The fraction of sp³-hybridized carbons (Fsp3) is 0.143. The fourth-order valence-electron chi connectivity index (χ4n) is 7.51. The van der Waals surface area contributed by atoms with Crippen LogP contribution in [0.25, 0.3) is 66.6 Å². The second-order valence-electron chi connectivity index (χ2n) is 15.1. The third kappa shape index (κ3) is 8.63. The number of phenols is 2. The van der Waals surface area contributed by atoms with Gasteiger partial charge in [0.05, 0.1) is 23.3 Å². The Bertz CT molecular complexity index is 2880. The molecular weight excluding hydrogens is 839 g/mol. The maximum absolute atomic E-state index is 12.6. The molecule has 4 N–H and O–H groups in total. The third-order valence-corrected chi connectivity index (χ3v) is 11.4. The zero-order valence-electron chi connectivity index (χ0n) is 34.3. The van der Waals surface area contributed by atoms with Crippen molar-refractivity contribution in [3.63, 3.8) is 0 Å². The number of hydrogen-bond acceptors (Lipinski definition) is 10. The van der Waals surface area contributed by atoms with Gasteiger partial charge in [-0.05, 0) is 83.6 Å². The Labute approximate surface area is 371 Å². The van der Waals surface area contributed by atoms with Crippen LogP contribution in [0.4, 0.5) is 0 Å². The number of rotatable bonds is 14. The zero-order valence-corrected chi connectivity index (χ0v) is 35.8. The van der Waals surface area contributed by atoms with Gasteiger partial charge in [-0.25, -0.2) is 9.59 Å². The summed E-state index contributed by atoms with van der Waals surface area (Å²) in [6, 6.07) is 29.8. The maximum Gasteiger partial charge on any atom is 0.333 e. The highest BCUT2D eigenvalue weighted by atomic mass is 35.5. The highest BCUT2D eigenvalue weighted by molar-refractivity contribution is 6.35. The molecule has 0 spiro atoms. The number of carbonyl (C=O) groups is 2. The van der Waals surface area contributed by atoms with Crippen LogP contribution in [0.2, 0.25) is 10.0 Å². The molecule has 0 unspecified atom stereocenters. The number of H-pyrrole nitrogens is 2. The zero-order chi connectivity index (χ0) is 44.4. The van der Waals surface area contributed by atoms with Crippen molar-refractivity contribution >= 4 is 57.2 Å². The standard InChI is InChI=1S/C49H40Cl2N6O6/c1-26(2)48(60)62-23-21-28-5-9-30(10-6-28)32-13-15-34(42-38(50)17-19-40-44(42)54-56-52-40)46(58)36(32)25-37-33(31-11-7-29(8-12-31)22-24-63-49(61)27(3)4)14-16-35(47(37)59)43-39(51)18-20-41-45(43)55-57-53-41/h5-20,58-59H,1,3,21-25H2,2,4H3,(H,52,54,56)(H,53,55,57). The van der Waals surface area contributed by atoms with Crippen LogP contribution in [-0.2, 0) is 38.3 Å². The van der Waals surface area contributed by atoms with Gasteiger partial charge in [0.15, 0.2) is 0 Å². The third-order valence-electron chi connectivity index (χ3n) is 10.8. The largest absolute Gasteiger partial charge is 0.507 e. The Morgan fingerprint density at radius 3 is 1.32 bits per heavy atom. The normalized spacial score (nSPS) is 11.2. The summed E-state index contributed by atoms with van der Waals surface area (Å²) in [5.41, 5.74) is 10.3. The number of aromatic nitrogens is 6. The van der Waals surface area contributed by atoms with E-state index in [-0.39, 0.29) is 31.1 Å². The van der Waals surface area contributed by atoms with Gasteiger partial charge in [-0.1, -0.05) is 97.0 Å². The average Bonchev–Trinajstić information content (AvgIpc) is 3.96. The first-order valence-electron chi connectivity index (χ1n) is 19.9. The molecule has 0 atom stereocenters. The number of halogens is 2. The van der Waals surface area contributed by atoms with Crippen molar-refractivity contribution in [1.82, 2.24) is 30.8 Å². The summed E-state index contributed by atoms with van der Waals surface area (Å²) in [5.74, 6) is -1.05. The van der Waals surface area contributed by atoms with E-state index in [1.165, 1.54) is 0 Å². The number of aromatic hydroxyl groups is 2. The number of phenolic OH excluding ortho intramolecular Hbond substituents is 2.